The summed E-state index contributed by atoms with van der Waals surface area (Å²) in [4.78, 5) is 14.7. The number of hydrogen-bond donors (Lipinski definition) is 2. The van der Waals surface area contributed by atoms with Crippen molar-refractivity contribution >= 4 is 28.1 Å². The van der Waals surface area contributed by atoms with Crippen LogP contribution in [0, 0.1) is 11.3 Å². The number of ether oxygens (including phenoxy) is 1. The minimum Gasteiger partial charge on any atom is -0.489 e. The number of pyridine rings is 1. The van der Waals surface area contributed by atoms with Crippen LogP contribution in [0.15, 0.2) is 53.5 Å². The maximum atomic E-state index is 12.0. The number of hydrogen-bond acceptors (Lipinski definition) is 3. The number of halogens is 1. The Morgan fingerprint density at radius 3 is 2.52 bits per heavy atom. The van der Waals surface area contributed by atoms with E-state index in [0.717, 1.165) is 36.3 Å². The molecule has 31 heavy (non-hydrogen) atoms. The largest absolute Gasteiger partial charge is 0.489 e. The Kier molecular flexibility index (Phi) is 5.43. The van der Waals surface area contributed by atoms with Crippen LogP contribution in [0.1, 0.15) is 50.5 Å². The molecule has 3 aromatic rings. The second-order valence-electron chi connectivity index (χ2n) is 9.56. The molecular formula is C26H29ClN2O2. The molecule has 0 spiro atoms. The molecule has 2 saturated carbocycles. The summed E-state index contributed by atoms with van der Waals surface area (Å²) < 4.78 is 6.35. The summed E-state index contributed by atoms with van der Waals surface area (Å²) in [5, 5.41) is 1.95. The van der Waals surface area contributed by atoms with Gasteiger partial charge < -0.3 is 15.5 Å². The standard InChI is InChI=1S/C26H29ClN2O2/c27-23-14-22-19(9-12-29-25(22)30)13-24(23)31-21-7-10-26(11-8-21,15-17-1-2-17)16-18-3-5-20(28)6-4-18/h3-6,9,12-14,17,21H,1-2,7-8,10-11,15-16,28H2,(H,29,30). The molecule has 1 heterocycles. The molecule has 4 nitrogen and oxygen atoms in total. The van der Waals surface area contributed by atoms with Crippen LogP contribution in [-0.4, -0.2) is 11.1 Å². The summed E-state index contributed by atoms with van der Waals surface area (Å²) in [6.07, 6.45) is 11.4. The highest BCUT2D eigenvalue weighted by Gasteiger charge is 2.40. The Morgan fingerprint density at radius 2 is 1.81 bits per heavy atom. The summed E-state index contributed by atoms with van der Waals surface area (Å²) in [5.41, 5.74) is 8.33. The average molecular weight is 437 g/mol. The maximum absolute atomic E-state index is 12.0. The van der Waals surface area contributed by atoms with Crippen LogP contribution in [0.5, 0.6) is 5.75 Å². The number of anilines is 1. The molecule has 0 unspecified atom stereocenters. The average Bonchev–Trinajstić information content (AvgIpc) is 3.57. The topological polar surface area (TPSA) is 68.1 Å². The van der Waals surface area contributed by atoms with Gasteiger partial charge in [0.2, 0.25) is 0 Å². The molecule has 5 heteroatoms. The van der Waals surface area contributed by atoms with Gasteiger partial charge in [0.15, 0.2) is 0 Å². The smallest absolute Gasteiger partial charge is 0.255 e. The number of rotatable bonds is 6. The van der Waals surface area contributed by atoms with E-state index in [9.17, 15) is 4.79 Å². The summed E-state index contributed by atoms with van der Waals surface area (Å²) in [5.74, 6) is 1.58. The van der Waals surface area contributed by atoms with Crippen LogP contribution >= 0.6 is 11.6 Å². The molecule has 2 fully saturated rings. The number of benzene rings is 2. The fraction of sp³-hybridized carbons (Fsp3) is 0.423. The molecular weight excluding hydrogens is 408 g/mol. The number of fused-ring (bicyclic) bond motifs is 1. The third-order valence-electron chi connectivity index (χ3n) is 7.09. The lowest BCUT2D eigenvalue weighted by atomic mass is 9.66. The van der Waals surface area contributed by atoms with Crippen LogP contribution in [0.2, 0.25) is 5.02 Å². The van der Waals surface area contributed by atoms with Gasteiger partial charge in [-0.3, -0.25) is 4.79 Å². The lowest BCUT2D eigenvalue weighted by Gasteiger charge is -2.41. The van der Waals surface area contributed by atoms with E-state index >= 15 is 0 Å². The van der Waals surface area contributed by atoms with E-state index in [1.807, 2.05) is 24.3 Å². The van der Waals surface area contributed by atoms with Gasteiger partial charge in [-0.25, -0.2) is 0 Å². The Labute approximate surface area is 187 Å². The normalized spacial score (nSPS) is 23.7. The molecule has 5 rings (SSSR count). The first kappa shape index (κ1) is 20.4. The van der Waals surface area contributed by atoms with Gasteiger partial charge in [-0.2, -0.15) is 0 Å². The lowest BCUT2D eigenvalue weighted by Crippen LogP contribution is -2.34. The minimum absolute atomic E-state index is 0.129. The molecule has 2 aliphatic carbocycles. The zero-order valence-electron chi connectivity index (χ0n) is 17.7. The first-order valence-corrected chi connectivity index (χ1v) is 11.7. The molecule has 0 radical (unpaired) electrons. The van der Waals surface area contributed by atoms with Crippen LogP contribution in [0.4, 0.5) is 5.69 Å². The molecule has 3 N–H and O–H groups in total. The first-order chi connectivity index (χ1) is 15.0. The predicted octanol–water partition coefficient (Wildman–Crippen LogP) is 6.11. The van der Waals surface area contributed by atoms with Gasteiger partial charge >= 0.3 is 0 Å². The molecule has 162 valence electrons. The van der Waals surface area contributed by atoms with Crippen molar-refractivity contribution in [1.29, 1.82) is 0 Å². The van der Waals surface area contributed by atoms with Gasteiger partial charge in [0.25, 0.3) is 5.56 Å². The fourth-order valence-corrected chi connectivity index (χ4v) is 5.44. The van der Waals surface area contributed by atoms with Crippen molar-refractivity contribution in [2.24, 2.45) is 11.3 Å². The summed E-state index contributed by atoms with van der Waals surface area (Å²) in [7, 11) is 0. The highest BCUT2D eigenvalue weighted by molar-refractivity contribution is 6.32. The van der Waals surface area contributed by atoms with Crippen molar-refractivity contribution in [2.45, 2.75) is 57.5 Å². The van der Waals surface area contributed by atoms with Crippen molar-refractivity contribution in [3.05, 3.63) is 69.6 Å². The Morgan fingerprint density at radius 1 is 1.06 bits per heavy atom. The first-order valence-electron chi connectivity index (χ1n) is 11.3. The molecule has 0 atom stereocenters. The third kappa shape index (κ3) is 4.59. The Hall–Kier alpha value is -2.46. The van der Waals surface area contributed by atoms with Gasteiger partial charge in [-0.15, -0.1) is 0 Å². The van der Waals surface area contributed by atoms with E-state index in [2.05, 4.69) is 17.1 Å². The summed E-state index contributed by atoms with van der Waals surface area (Å²) in [6.45, 7) is 0. The maximum Gasteiger partial charge on any atom is 0.255 e. The number of aromatic nitrogens is 1. The monoisotopic (exact) mass is 436 g/mol. The van der Waals surface area contributed by atoms with Crippen molar-refractivity contribution in [3.63, 3.8) is 0 Å². The second-order valence-corrected chi connectivity index (χ2v) is 9.97. The zero-order chi connectivity index (χ0) is 21.4. The summed E-state index contributed by atoms with van der Waals surface area (Å²) in [6, 6.07) is 13.9. The molecule has 2 aromatic carbocycles. The highest BCUT2D eigenvalue weighted by Crippen LogP contribution is 2.50. The van der Waals surface area contributed by atoms with Gasteiger partial charge in [0.1, 0.15) is 5.75 Å². The second kappa shape index (κ2) is 8.23. The number of aromatic amines is 1. The van der Waals surface area contributed by atoms with E-state index in [1.54, 1.807) is 12.3 Å². The third-order valence-corrected chi connectivity index (χ3v) is 7.39. The SMILES string of the molecule is Nc1ccc(CC2(CC3CC3)CCC(Oc3cc4cc[nH]c(=O)c4cc3Cl)CC2)cc1. The van der Waals surface area contributed by atoms with E-state index in [-0.39, 0.29) is 11.7 Å². The van der Waals surface area contributed by atoms with Crippen molar-refractivity contribution in [1.82, 2.24) is 4.98 Å². The zero-order valence-corrected chi connectivity index (χ0v) is 18.5. The number of nitrogens with one attached hydrogen (secondary N) is 1. The fourth-order valence-electron chi connectivity index (χ4n) is 5.24. The van der Waals surface area contributed by atoms with Crippen molar-refractivity contribution in [3.8, 4) is 5.75 Å². The van der Waals surface area contributed by atoms with Gasteiger partial charge in [-0.1, -0.05) is 36.6 Å². The van der Waals surface area contributed by atoms with Crippen LogP contribution in [0.3, 0.4) is 0 Å². The van der Waals surface area contributed by atoms with Crippen LogP contribution in [-0.2, 0) is 6.42 Å². The lowest BCUT2D eigenvalue weighted by molar-refractivity contribution is 0.0688. The van der Waals surface area contributed by atoms with Crippen LogP contribution in [0.25, 0.3) is 10.8 Å². The van der Waals surface area contributed by atoms with Crippen LogP contribution < -0.4 is 16.0 Å². The quantitative estimate of drug-likeness (QED) is 0.457. The van der Waals surface area contributed by atoms with Crippen molar-refractivity contribution < 1.29 is 4.74 Å². The van der Waals surface area contributed by atoms with Crippen molar-refractivity contribution in [2.75, 3.05) is 5.73 Å². The molecule has 2 aliphatic rings. The Bertz CT molecular complexity index is 1130. The van der Waals surface area contributed by atoms with E-state index in [0.29, 0.717) is 21.6 Å². The van der Waals surface area contributed by atoms with Gasteiger partial charge in [-0.05, 0) is 91.1 Å². The number of nitrogens with two attached hydrogens (primary N) is 1. The van der Waals surface area contributed by atoms with E-state index < -0.39 is 0 Å². The highest BCUT2D eigenvalue weighted by atomic mass is 35.5. The predicted molar refractivity (Wildman–Crippen MR) is 127 cm³/mol. The number of nitrogen functional groups attached to an aromatic ring is 1. The number of H-pyrrole nitrogens is 1. The van der Waals surface area contributed by atoms with E-state index in [1.165, 1.54) is 37.7 Å². The van der Waals surface area contributed by atoms with Gasteiger partial charge in [0, 0.05) is 17.3 Å². The van der Waals surface area contributed by atoms with E-state index in [4.69, 9.17) is 22.1 Å². The molecule has 0 amide bonds. The molecule has 0 aliphatic heterocycles. The molecule has 0 saturated heterocycles. The van der Waals surface area contributed by atoms with Gasteiger partial charge in [0.05, 0.1) is 11.1 Å². The molecule has 0 bridgehead atoms. The Balaban J connectivity index is 1.30. The summed E-state index contributed by atoms with van der Waals surface area (Å²) >= 11 is 6.46. The molecule has 1 aromatic heterocycles. The minimum atomic E-state index is -0.129.